The minimum Gasteiger partial charge on any atom is -0.385 e. The molecule has 3 heterocycles. The summed E-state index contributed by atoms with van der Waals surface area (Å²) < 4.78 is 1.27. The van der Waals surface area contributed by atoms with Crippen molar-refractivity contribution in [3.05, 3.63) is 24.7 Å². The van der Waals surface area contributed by atoms with E-state index in [2.05, 4.69) is 26.8 Å². The number of likely N-dealkylation sites (tertiary alicyclic amines) is 1. The first-order chi connectivity index (χ1) is 12.2. The number of pyridine rings is 1. The second-order valence-corrected chi connectivity index (χ2v) is 5.61. The fourth-order valence-corrected chi connectivity index (χ4v) is 2.87. The maximum Gasteiger partial charge on any atom is 0.344 e. The van der Waals surface area contributed by atoms with Gasteiger partial charge >= 0.3 is 6.03 Å². The van der Waals surface area contributed by atoms with Crippen LogP contribution >= 0.6 is 0 Å². The molecule has 1 aliphatic heterocycles. The molecule has 2 aromatic heterocycles. The summed E-state index contributed by atoms with van der Waals surface area (Å²) in [5, 5.41) is 18.6. The van der Waals surface area contributed by atoms with Crippen molar-refractivity contribution in [3.8, 4) is 17.2 Å². The van der Waals surface area contributed by atoms with Gasteiger partial charge in [0, 0.05) is 43.7 Å². The highest BCUT2D eigenvalue weighted by atomic mass is 16.2. The van der Waals surface area contributed by atoms with Crippen molar-refractivity contribution in [1.29, 1.82) is 5.26 Å². The molecule has 9 nitrogen and oxygen atoms in total. The van der Waals surface area contributed by atoms with E-state index in [0.29, 0.717) is 43.0 Å². The number of rotatable bonds is 4. The number of carbonyl (C=O) groups excluding carboxylic acids is 2. The maximum atomic E-state index is 12.5. The summed E-state index contributed by atoms with van der Waals surface area (Å²) in [4.78, 5) is 29.0. The van der Waals surface area contributed by atoms with E-state index in [1.807, 2.05) is 0 Å². The van der Waals surface area contributed by atoms with Gasteiger partial charge < -0.3 is 15.5 Å². The standard InChI is InChI=1S/C16H17N7O2/c1-18-14-13(2-4-19-15(14)20-10-24)12-7-21-23(9-12)16(25)22-5-3-11(6-17)8-22/h2,4,7,9-11,18H,3,5,8H2,1H3,(H,19,20,24). The quantitative estimate of drug-likeness (QED) is 0.813. The van der Waals surface area contributed by atoms with Gasteiger partial charge in [-0.2, -0.15) is 15.0 Å². The van der Waals surface area contributed by atoms with Gasteiger partial charge in [-0.1, -0.05) is 0 Å². The Morgan fingerprint density at radius 2 is 2.36 bits per heavy atom. The molecule has 0 bridgehead atoms. The highest BCUT2D eigenvalue weighted by Gasteiger charge is 2.27. The van der Waals surface area contributed by atoms with Crippen molar-refractivity contribution in [2.75, 3.05) is 30.8 Å². The SMILES string of the molecule is CNc1c(-c2cnn(C(=O)N3CCC(C#N)C3)c2)ccnc1NC=O. The summed E-state index contributed by atoms with van der Waals surface area (Å²) in [6.45, 7) is 0.978. The van der Waals surface area contributed by atoms with Crippen LogP contribution in [0.5, 0.6) is 0 Å². The molecule has 128 valence electrons. The highest BCUT2D eigenvalue weighted by molar-refractivity contribution is 5.89. The number of amides is 2. The number of nitrogens with zero attached hydrogens (tertiary/aromatic N) is 5. The van der Waals surface area contributed by atoms with Crippen molar-refractivity contribution in [2.45, 2.75) is 6.42 Å². The van der Waals surface area contributed by atoms with Crippen molar-refractivity contribution in [3.63, 3.8) is 0 Å². The van der Waals surface area contributed by atoms with E-state index in [9.17, 15) is 9.59 Å². The molecule has 1 aliphatic rings. The molecule has 1 saturated heterocycles. The lowest BCUT2D eigenvalue weighted by atomic mass is 10.1. The summed E-state index contributed by atoms with van der Waals surface area (Å²) in [5.74, 6) is 0.275. The lowest BCUT2D eigenvalue weighted by Crippen LogP contribution is -2.32. The first-order valence-electron chi connectivity index (χ1n) is 7.78. The number of carbonyl (C=O) groups is 2. The zero-order valence-corrected chi connectivity index (χ0v) is 13.6. The van der Waals surface area contributed by atoms with E-state index in [-0.39, 0.29) is 11.9 Å². The number of nitrogens with one attached hydrogen (secondary N) is 2. The minimum atomic E-state index is -0.254. The summed E-state index contributed by atoms with van der Waals surface area (Å²) in [5.41, 5.74) is 2.11. The molecule has 25 heavy (non-hydrogen) atoms. The lowest BCUT2D eigenvalue weighted by Gasteiger charge is -2.14. The zero-order valence-electron chi connectivity index (χ0n) is 13.6. The molecule has 2 N–H and O–H groups in total. The molecule has 0 saturated carbocycles. The number of nitriles is 1. The van der Waals surface area contributed by atoms with Crippen LogP contribution in [-0.2, 0) is 4.79 Å². The molecule has 2 amide bonds. The monoisotopic (exact) mass is 339 g/mol. The van der Waals surface area contributed by atoms with Crippen LogP contribution in [0.1, 0.15) is 6.42 Å². The Balaban J connectivity index is 1.87. The molecule has 0 radical (unpaired) electrons. The molecule has 1 unspecified atom stereocenters. The molecular formula is C16H17N7O2. The van der Waals surface area contributed by atoms with E-state index in [0.717, 1.165) is 5.56 Å². The Morgan fingerprint density at radius 3 is 3.04 bits per heavy atom. The van der Waals surface area contributed by atoms with E-state index < -0.39 is 0 Å². The van der Waals surface area contributed by atoms with Crippen molar-refractivity contribution >= 4 is 23.9 Å². The van der Waals surface area contributed by atoms with Crippen molar-refractivity contribution in [2.24, 2.45) is 5.92 Å². The fraction of sp³-hybridized carbons (Fsp3) is 0.312. The third kappa shape index (κ3) is 3.14. The largest absolute Gasteiger partial charge is 0.385 e. The van der Waals surface area contributed by atoms with Crippen LogP contribution in [-0.4, -0.2) is 52.2 Å². The van der Waals surface area contributed by atoms with E-state index in [1.165, 1.54) is 4.68 Å². The third-order valence-electron chi connectivity index (χ3n) is 4.13. The molecule has 1 fully saturated rings. The molecule has 2 aromatic rings. The first-order valence-corrected chi connectivity index (χ1v) is 7.78. The number of hydrogen-bond acceptors (Lipinski definition) is 6. The van der Waals surface area contributed by atoms with Crippen LogP contribution in [0.4, 0.5) is 16.3 Å². The summed E-state index contributed by atoms with van der Waals surface area (Å²) in [6.07, 6.45) is 6.02. The first kappa shape index (κ1) is 16.4. The molecule has 0 aromatic carbocycles. The smallest absolute Gasteiger partial charge is 0.344 e. The van der Waals surface area contributed by atoms with Gasteiger partial charge in [-0.3, -0.25) is 4.79 Å². The second-order valence-electron chi connectivity index (χ2n) is 5.61. The van der Waals surface area contributed by atoms with E-state index >= 15 is 0 Å². The zero-order chi connectivity index (χ0) is 17.8. The summed E-state index contributed by atoms with van der Waals surface area (Å²) in [7, 11) is 1.72. The Bertz CT molecular complexity index is 839. The molecule has 3 rings (SSSR count). The molecule has 0 aliphatic carbocycles. The van der Waals surface area contributed by atoms with E-state index in [4.69, 9.17) is 5.26 Å². The summed E-state index contributed by atoms with van der Waals surface area (Å²) in [6, 6.07) is 3.71. The lowest BCUT2D eigenvalue weighted by molar-refractivity contribution is -0.105. The van der Waals surface area contributed by atoms with Crippen LogP contribution in [0, 0.1) is 17.2 Å². The number of aromatic nitrogens is 3. The Kier molecular flexibility index (Phi) is 4.61. The van der Waals surface area contributed by atoms with E-state index in [1.54, 1.807) is 36.6 Å². The molecule has 1 atom stereocenters. The normalized spacial score (nSPS) is 16.3. The van der Waals surface area contributed by atoms with Crippen molar-refractivity contribution < 1.29 is 9.59 Å². The maximum absolute atomic E-state index is 12.5. The van der Waals surface area contributed by atoms with Crippen LogP contribution in [0.15, 0.2) is 24.7 Å². The highest BCUT2D eigenvalue weighted by Crippen LogP contribution is 2.32. The predicted octanol–water partition coefficient (Wildman–Crippen LogP) is 1.37. The van der Waals surface area contributed by atoms with Gasteiger partial charge in [0.1, 0.15) is 0 Å². The van der Waals surface area contributed by atoms with Gasteiger partial charge in [0.15, 0.2) is 5.82 Å². The summed E-state index contributed by atoms with van der Waals surface area (Å²) >= 11 is 0. The molecular weight excluding hydrogens is 322 g/mol. The van der Waals surface area contributed by atoms with Crippen LogP contribution < -0.4 is 10.6 Å². The fourth-order valence-electron chi connectivity index (χ4n) is 2.87. The third-order valence-corrected chi connectivity index (χ3v) is 4.13. The number of hydrogen-bond donors (Lipinski definition) is 2. The Hall–Kier alpha value is -3.41. The van der Waals surface area contributed by atoms with Gasteiger partial charge in [0.05, 0.1) is 23.9 Å². The Labute approximate surface area is 144 Å². The van der Waals surface area contributed by atoms with Gasteiger partial charge in [-0.25, -0.2) is 9.78 Å². The predicted molar refractivity (Wildman–Crippen MR) is 90.8 cm³/mol. The van der Waals surface area contributed by atoms with Crippen LogP contribution in [0.2, 0.25) is 0 Å². The average Bonchev–Trinajstić information content (AvgIpc) is 3.30. The van der Waals surface area contributed by atoms with Gasteiger partial charge in [-0.15, -0.1) is 0 Å². The van der Waals surface area contributed by atoms with Gasteiger partial charge in [-0.05, 0) is 12.5 Å². The second kappa shape index (κ2) is 7.00. The Morgan fingerprint density at radius 1 is 1.52 bits per heavy atom. The van der Waals surface area contributed by atoms with Crippen LogP contribution in [0.25, 0.3) is 11.1 Å². The van der Waals surface area contributed by atoms with Gasteiger partial charge in [0.2, 0.25) is 6.41 Å². The molecule has 9 heteroatoms. The minimum absolute atomic E-state index is 0.118. The van der Waals surface area contributed by atoms with Crippen LogP contribution in [0.3, 0.4) is 0 Å². The average molecular weight is 339 g/mol. The molecule has 0 spiro atoms. The number of anilines is 2. The van der Waals surface area contributed by atoms with Crippen molar-refractivity contribution in [1.82, 2.24) is 19.7 Å². The topological polar surface area (TPSA) is 116 Å². The van der Waals surface area contributed by atoms with Gasteiger partial charge in [0.25, 0.3) is 0 Å².